The Kier molecular flexibility index (Phi) is 9.52. The van der Waals surface area contributed by atoms with E-state index in [1.807, 2.05) is 12.1 Å². The number of rotatable bonds is 9. The summed E-state index contributed by atoms with van der Waals surface area (Å²) < 4.78 is 22.4. The normalized spacial score (nSPS) is 17.4. The molecule has 0 aromatic heterocycles. The minimum Gasteiger partial charge on any atom is -0.493 e. The van der Waals surface area contributed by atoms with Gasteiger partial charge < -0.3 is 34.9 Å². The standard InChI is InChI=1S/C30H39N3O7/c1-17(30(36)31-16-19-10-12-40-13-11-19)32-24-9-7-21-22(15-25(24)35)23(33-18(2)34)8-6-20-14-26(37-3)28(38-4)29(39-5)27(20)21/h7,9,14-15,17,19,23H,6,8,10-13,16H2,1-5H3,(H,31,36)(H,32,35)(H,33,34). The predicted molar refractivity (Wildman–Crippen MR) is 152 cm³/mol. The third-order valence-electron chi connectivity index (χ3n) is 7.59. The Morgan fingerprint density at radius 3 is 2.40 bits per heavy atom. The van der Waals surface area contributed by atoms with Crippen LogP contribution in [-0.4, -0.2) is 58.9 Å². The van der Waals surface area contributed by atoms with Gasteiger partial charge in [-0.1, -0.05) is 6.07 Å². The Morgan fingerprint density at radius 2 is 1.75 bits per heavy atom. The number of methoxy groups -OCH3 is 3. The van der Waals surface area contributed by atoms with Crippen LogP contribution in [0.15, 0.2) is 29.1 Å². The first-order chi connectivity index (χ1) is 19.3. The summed E-state index contributed by atoms with van der Waals surface area (Å²) in [6.45, 7) is 5.19. The summed E-state index contributed by atoms with van der Waals surface area (Å²) in [6.07, 6.45) is 3.02. The van der Waals surface area contributed by atoms with Crippen LogP contribution in [0, 0.1) is 5.92 Å². The monoisotopic (exact) mass is 553 g/mol. The van der Waals surface area contributed by atoms with E-state index in [1.54, 1.807) is 34.3 Å². The molecule has 1 heterocycles. The second-order valence-corrected chi connectivity index (χ2v) is 10.3. The Balaban J connectivity index is 1.73. The van der Waals surface area contributed by atoms with Gasteiger partial charge in [0.2, 0.25) is 23.0 Å². The van der Waals surface area contributed by atoms with E-state index in [-0.39, 0.29) is 22.9 Å². The van der Waals surface area contributed by atoms with Gasteiger partial charge in [0.05, 0.1) is 33.1 Å². The Labute approximate surface area is 234 Å². The summed E-state index contributed by atoms with van der Waals surface area (Å²) in [7, 11) is 4.67. The number of ether oxygens (including phenoxy) is 4. The van der Waals surface area contributed by atoms with Crippen LogP contribution in [0.2, 0.25) is 0 Å². The third kappa shape index (κ3) is 6.33. The van der Waals surface area contributed by atoms with Crippen molar-refractivity contribution in [3.05, 3.63) is 45.6 Å². The van der Waals surface area contributed by atoms with Gasteiger partial charge in [-0.25, -0.2) is 0 Å². The molecule has 3 N–H and O–H groups in total. The SMILES string of the molecule is COc1cc2c(c(OC)c1OC)-c1ccc(NC(C)C(=O)NCC3CCOCC3)c(=O)cc1C(NC(C)=O)CC2. The second-order valence-electron chi connectivity index (χ2n) is 10.3. The zero-order chi connectivity index (χ0) is 28.8. The molecular formula is C30H39N3O7. The summed E-state index contributed by atoms with van der Waals surface area (Å²) in [6, 6.07) is 5.92. The van der Waals surface area contributed by atoms with Gasteiger partial charge in [-0.05, 0) is 73.4 Å². The van der Waals surface area contributed by atoms with Crippen molar-refractivity contribution in [3.63, 3.8) is 0 Å². The molecule has 1 saturated heterocycles. The van der Waals surface area contributed by atoms with Gasteiger partial charge in [-0.2, -0.15) is 0 Å². The molecule has 0 spiro atoms. The van der Waals surface area contributed by atoms with Crippen molar-refractivity contribution in [3.8, 4) is 28.4 Å². The maximum Gasteiger partial charge on any atom is 0.242 e. The van der Waals surface area contributed by atoms with Gasteiger partial charge in [0.15, 0.2) is 11.5 Å². The number of fused-ring (bicyclic) bond motifs is 3. The number of carbonyl (C=O) groups is 2. The topological polar surface area (TPSA) is 124 Å². The molecule has 0 saturated carbocycles. The first-order valence-corrected chi connectivity index (χ1v) is 13.7. The average Bonchev–Trinajstić information content (AvgIpc) is 3.19. The fourth-order valence-corrected chi connectivity index (χ4v) is 5.47. The first-order valence-electron chi connectivity index (χ1n) is 13.7. The summed E-state index contributed by atoms with van der Waals surface area (Å²) >= 11 is 0. The van der Waals surface area contributed by atoms with Gasteiger partial charge in [0.1, 0.15) is 6.04 Å². The third-order valence-corrected chi connectivity index (χ3v) is 7.59. The lowest BCUT2D eigenvalue weighted by Gasteiger charge is -2.23. The van der Waals surface area contributed by atoms with Gasteiger partial charge in [-0.3, -0.25) is 14.4 Å². The van der Waals surface area contributed by atoms with Crippen molar-refractivity contribution in [1.29, 1.82) is 0 Å². The van der Waals surface area contributed by atoms with E-state index in [0.717, 1.165) is 29.5 Å². The molecule has 2 amide bonds. The quantitative estimate of drug-likeness (QED) is 0.433. The minimum absolute atomic E-state index is 0.182. The van der Waals surface area contributed by atoms with Crippen LogP contribution >= 0.6 is 0 Å². The smallest absolute Gasteiger partial charge is 0.242 e. The molecular weight excluding hydrogens is 514 g/mol. The van der Waals surface area contributed by atoms with Gasteiger partial charge in [0, 0.05) is 32.2 Å². The maximum atomic E-state index is 13.5. The van der Waals surface area contributed by atoms with Gasteiger partial charge in [-0.15, -0.1) is 0 Å². The van der Waals surface area contributed by atoms with E-state index < -0.39 is 12.1 Å². The highest BCUT2D eigenvalue weighted by atomic mass is 16.5. The zero-order valence-corrected chi connectivity index (χ0v) is 23.8. The van der Waals surface area contributed by atoms with E-state index in [0.29, 0.717) is 61.3 Å². The summed E-state index contributed by atoms with van der Waals surface area (Å²) in [4.78, 5) is 38.5. The van der Waals surface area contributed by atoms with Crippen LogP contribution in [0.4, 0.5) is 5.69 Å². The molecule has 40 heavy (non-hydrogen) atoms. The van der Waals surface area contributed by atoms with E-state index in [1.165, 1.54) is 13.0 Å². The molecule has 10 heteroatoms. The lowest BCUT2D eigenvalue weighted by atomic mass is 9.95. The van der Waals surface area contributed by atoms with Crippen molar-refractivity contribution in [2.75, 3.05) is 46.4 Å². The molecule has 4 rings (SSSR count). The van der Waals surface area contributed by atoms with E-state index in [4.69, 9.17) is 18.9 Å². The maximum absolute atomic E-state index is 13.5. The number of hydrogen-bond donors (Lipinski definition) is 3. The highest BCUT2D eigenvalue weighted by Gasteiger charge is 2.29. The second kappa shape index (κ2) is 13.0. The van der Waals surface area contributed by atoms with E-state index in [9.17, 15) is 14.4 Å². The Hall–Kier alpha value is -3.79. The molecule has 1 fully saturated rings. The molecule has 2 atom stereocenters. The van der Waals surface area contributed by atoms with Crippen molar-refractivity contribution >= 4 is 17.5 Å². The summed E-state index contributed by atoms with van der Waals surface area (Å²) in [5, 5.41) is 9.09. The lowest BCUT2D eigenvalue weighted by molar-refractivity contribution is -0.122. The average molecular weight is 554 g/mol. The number of aryl methyl sites for hydroxylation is 1. The molecule has 1 aliphatic heterocycles. The van der Waals surface area contributed by atoms with Crippen LogP contribution in [0.25, 0.3) is 11.1 Å². The zero-order valence-electron chi connectivity index (χ0n) is 23.8. The largest absolute Gasteiger partial charge is 0.493 e. The van der Waals surface area contributed by atoms with Crippen LogP contribution < -0.4 is 35.6 Å². The van der Waals surface area contributed by atoms with E-state index >= 15 is 0 Å². The van der Waals surface area contributed by atoms with Crippen LogP contribution in [0.1, 0.15) is 50.3 Å². The highest BCUT2D eigenvalue weighted by Crippen LogP contribution is 2.50. The number of benzene rings is 1. The number of anilines is 1. The number of hydrogen-bond acceptors (Lipinski definition) is 8. The summed E-state index contributed by atoms with van der Waals surface area (Å²) in [5.41, 5.74) is 3.09. The summed E-state index contributed by atoms with van der Waals surface area (Å²) in [5.74, 6) is 1.47. The van der Waals surface area contributed by atoms with Crippen LogP contribution in [-0.2, 0) is 20.7 Å². The first kappa shape index (κ1) is 29.2. The molecule has 2 aliphatic rings. The fourth-order valence-electron chi connectivity index (χ4n) is 5.47. The predicted octanol–water partition coefficient (Wildman–Crippen LogP) is 3.21. The molecule has 0 radical (unpaired) electrons. The van der Waals surface area contributed by atoms with Crippen molar-refractivity contribution in [1.82, 2.24) is 10.6 Å². The van der Waals surface area contributed by atoms with Crippen molar-refractivity contribution in [2.24, 2.45) is 5.92 Å². The molecule has 10 nitrogen and oxygen atoms in total. The lowest BCUT2D eigenvalue weighted by Crippen LogP contribution is -2.41. The molecule has 216 valence electrons. The minimum atomic E-state index is -0.632. The molecule has 2 aromatic carbocycles. The number of carbonyl (C=O) groups excluding carboxylic acids is 2. The number of amides is 2. The van der Waals surface area contributed by atoms with Crippen molar-refractivity contribution < 1.29 is 28.5 Å². The highest BCUT2D eigenvalue weighted by molar-refractivity contribution is 5.85. The van der Waals surface area contributed by atoms with Crippen molar-refractivity contribution in [2.45, 2.75) is 51.6 Å². The molecule has 2 unspecified atom stereocenters. The van der Waals surface area contributed by atoms with Crippen LogP contribution in [0.3, 0.4) is 0 Å². The van der Waals surface area contributed by atoms with Crippen LogP contribution in [0.5, 0.6) is 17.2 Å². The van der Waals surface area contributed by atoms with E-state index in [2.05, 4.69) is 16.0 Å². The molecule has 1 aliphatic carbocycles. The Bertz CT molecular complexity index is 1310. The Morgan fingerprint density at radius 1 is 1.02 bits per heavy atom. The fraction of sp³-hybridized carbons (Fsp3) is 0.500. The molecule has 2 aromatic rings. The van der Waals surface area contributed by atoms with Gasteiger partial charge >= 0.3 is 0 Å². The van der Waals surface area contributed by atoms with Gasteiger partial charge in [0.25, 0.3) is 0 Å². The molecule has 0 bridgehead atoms. The number of nitrogens with one attached hydrogen (secondary N) is 3.